The monoisotopic (exact) mass is 864 g/mol. The summed E-state index contributed by atoms with van der Waals surface area (Å²) in [4.78, 5) is 76.5. The van der Waals surface area contributed by atoms with E-state index in [9.17, 15) is 28.8 Å². The van der Waals surface area contributed by atoms with Gasteiger partial charge in [0, 0.05) is 24.3 Å². The molecule has 2 fully saturated rings. The molecule has 2 heterocycles. The fraction of sp³-hybridized carbons (Fsp3) is 0.277. The quantitative estimate of drug-likeness (QED) is 0.0665. The van der Waals surface area contributed by atoms with Crippen molar-refractivity contribution < 1.29 is 76.1 Å². The first-order valence-electron chi connectivity index (χ1n) is 19.8. The van der Waals surface area contributed by atoms with Crippen LogP contribution in [0.4, 0.5) is 0 Å². The van der Waals surface area contributed by atoms with Crippen molar-refractivity contribution in [1.82, 2.24) is 0 Å². The van der Waals surface area contributed by atoms with Gasteiger partial charge in [0.1, 0.15) is 57.8 Å². The van der Waals surface area contributed by atoms with Crippen LogP contribution in [0.3, 0.4) is 0 Å². The zero-order chi connectivity index (χ0) is 45.4. The van der Waals surface area contributed by atoms with E-state index in [4.69, 9.17) is 47.4 Å². The maximum Gasteiger partial charge on any atom is 0.343 e. The molecule has 4 atom stereocenters. The lowest BCUT2D eigenvalue weighted by molar-refractivity contribution is -0.129. The van der Waals surface area contributed by atoms with E-state index in [0.29, 0.717) is 16.7 Å². The SMILES string of the molecule is C=CC(=O)Oc1ccc(C(=O)Oc2ccc(C(=O)O[C@@H]3CO[C@H]4[C@@H]3OC[C@@H]4OC(=O)c3ccc(OC(=O)c4cc(C)c(OC(=O)C=C)cc4C)cc3OCC)c(OCC)c2)c(C)c1. The van der Waals surface area contributed by atoms with Crippen molar-refractivity contribution in [2.75, 3.05) is 26.4 Å². The first-order chi connectivity index (χ1) is 30.2. The number of ether oxygens (including phenoxy) is 10. The normalized spacial score (nSPS) is 17.3. The summed E-state index contributed by atoms with van der Waals surface area (Å²) < 4.78 is 56.4. The summed E-state index contributed by atoms with van der Waals surface area (Å²) in [5.74, 6) is -3.25. The smallest absolute Gasteiger partial charge is 0.343 e. The minimum Gasteiger partial charge on any atom is -0.493 e. The molecule has 0 amide bonds. The van der Waals surface area contributed by atoms with Crippen molar-refractivity contribution in [2.45, 2.75) is 59.0 Å². The van der Waals surface area contributed by atoms with E-state index in [1.165, 1.54) is 54.6 Å². The van der Waals surface area contributed by atoms with Gasteiger partial charge in [0.15, 0.2) is 12.2 Å². The Morgan fingerprint density at radius 1 is 0.524 bits per heavy atom. The van der Waals surface area contributed by atoms with Crippen LogP contribution in [0.1, 0.15) is 72.0 Å². The van der Waals surface area contributed by atoms with Crippen molar-refractivity contribution in [3.63, 3.8) is 0 Å². The molecule has 0 spiro atoms. The number of fused-ring (bicyclic) bond motifs is 1. The van der Waals surface area contributed by atoms with Crippen LogP contribution >= 0.6 is 0 Å². The van der Waals surface area contributed by atoms with E-state index in [-0.39, 0.29) is 83.2 Å². The highest BCUT2D eigenvalue weighted by atomic mass is 16.7. The molecule has 0 radical (unpaired) electrons. The molecule has 0 aliphatic carbocycles. The summed E-state index contributed by atoms with van der Waals surface area (Å²) in [6.45, 7) is 15.5. The number of carbonyl (C=O) groups excluding carboxylic acids is 6. The van der Waals surface area contributed by atoms with E-state index in [1.807, 2.05) is 0 Å². The second-order valence-electron chi connectivity index (χ2n) is 14.1. The third-order valence-corrected chi connectivity index (χ3v) is 9.77. The molecule has 2 aliphatic heterocycles. The Balaban J connectivity index is 1.07. The molecule has 0 bridgehead atoms. The first-order valence-corrected chi connectivity index (χ1v) is 19.8. The van der Waals surface area contributed by atoms with Gasteiger partial charge in [-0.1, -0.05) is 13.2 Å². The molecular weight excluding hydrogens is 821 g/mol. The van der Waals surface area contributed by atoms with Gasteiger partial charge in [-0.15, -0.1) is 0 Å². The predicted molar refractivity (Wildman–Crippen MR) is 222 cm³/mol. The summed E-state index contributed by atoms with van der Waals surface area (Å²) in [5, 5.41) is 0. The molecule has 6 rings (SSSR count). The predicted octanol–water partition coefficient (Wildman–Crippen LogP) is 6.58. The molecule has 16 heteroatoms. The molecular formula is C47H44O16. The number of benzene rings is 4. The fourth-order valence-corrected chi connectivity index (χ4v) is 6.73. The average molecular weight is 865 g/mol. The van der Waals surface area contributed by atoms with Gasteiger partial charge in [0.25, 0.3) is 0 Å². The number of hydrogen-bond donors (Lipinski definition) is 0. The van der Waals surface area contributed by atoms with Crippen molar-refractivity contribution >= 4 is 35.8 Å². The maximum absolute atomic E-state index is 13.5. The molecule has 4 aromatic carbocycles. The van der Waals surface area contributed by atoms with Gasteiger partial charge in [-0.25, -0.2) is 28.8 Å². The Kier molecular flexibility index (Phi) is 14.4. The lowest BCUT2D eigenvalue weighted by Gasteiger charge is -2.19. The number of esters is 6. The number of rotatable bonds is 16. The summed E-state index contributed by atoms with van der Waals surface area (Å²) >= 11 is 0. The van der Waals surface area contributed by atoms with Gasteiger partial charge in [0.2, 0.25) is 0 Å². The van der Waals surface area contributed by atoms with E-state index >= 15 is 0 Å². The molecule has 0 saturated carbocycles. The molecule has 16 nitrogen and oxygen atoms in total. The first kappa shape index (κ1) is 45.2. The maximum atomic E-state index is 13.5. The fourth-order valence-electron chi connectivity index (χ4n) is 6.73. The summed E-state index contributed by atoms with van der Waals surface area (Å²) in [5.41, 5.74) is 2.09. The van der Waals surface area contributed by atoms with E-state index in [1.54, 1.807) is 46.8 Å². The number of carbonyl (C=O) groups is 6. The van der Waals surface area contributed by atoms with E-state index in [2.05, 4.69) is 13.2 Å². The molecule has 0 N–H and O–H groups in total. The lowest BCUT2D eigenvalue weighted by Crippen LogP contribution is -2.36. The minimum atomic E-state index is -0.868. The van der Waals surface area contributed by atoms with Crippen LogP contribution < -0.4 is 28.4 Å². The topological polar surface area (TPSA) is 195 Å². The molecule has 4 aromatic rings. The van der Waals surface area contributed by atoms with Crippen LogP contribution in [0.5, 0.6) is 34.5 Å². The Bertz CT molecular complexity index is 2470. The van der Waals surface area contributed by atoms with Gasteiger partial charge in [-0.3, -0.25) is 0 Å². The van der Waals surface area contributed by atoms with Crippen LogP contribution in [0.25, 0.3) is 0 Å². The van der Waals surface area contributed by atoms with E-state index < -0.39 is 60.2 Å². The third-order valence-electron chi connectivity index (χ3n) is 9.77. The highest BCUT2D eigenvalue weighted by Crippen LogP contribution is 2.35. The number of hydrogen-bond acceptors (Lipinski definition) is 16. The van der Waals surface area contributed by atoms with Crippen LogP contribution in [0.15, 0.2) is 92.0 Å². The molecule has 0 aromatic heterocycles. The minimum absolute atomic E-state index is 0.0499. The van der Waals surface area contributed by atoms with Crippen molar-refractivity contribution in [3.05, 3.63) is 131 Å². The van der Waals surface area contributed by atoms with Gasteiger partial charge < -0.3 is 47.4 Å². The van der Waals surface area contributed by atoms with E-state index in [0.717, 1.165) is 12.2 Å². The Morgan fingerprint density at radius 3 is 1.44 bits per heavy atom. The van der Waals surface area contributed by atoms with Crippen molar-refractivity contribution in [1.29, 1.82) is 0 Å². The molecule has 2 aliphatic rings. The second-order valence-corrected chi connectivity index (χ2v) is 14.1. The summed E-state index contributed by atoms with van der Waals surface area (Å²) in [6, 6.07) is 16.0. The average Bonchev–Trinajstić information content (AvgIpc) is 3.84. The van der Waals surface area contributed by atoms with Crippen LogP contribution in [0.2, 0.25) is 0 Å². The number of aryl methyl sites for hydroxylation is 3. The zero-order valence-electron chi connectivity index (χ0n) is 35.1. The lowest BCUT2D eigenvalue weighted by atomic mass is 10.0. The highest BCUT2D eigenvalue weighted by molar-refractivity contribution is 5.96. The Labute approximate surface area is 362 Å². The van der Waals surface area contributed by atoms with Crippen LogP contribution in [0, 0.1) is 20.8 Å². The third kappa shape index (κ3) is 10.6. The van der Waals surface area contributed by atoms with Gasteiger partial charge >= 0.3 is 35.8 Å². The van der Waals surface area contributed by atoms with Gasteiger partial charge in [-0.05, 0) is 106 Å². The standard InChI is InChI=1S/C47H44O16/c1-8-40(48)58-28-12-15-31(25(5)18-28)44(50)59-29-13-16-32(36(21-29)54-10-3)45(51)62-38-23-56-43-39(24-57-42(38)43)63-46(52)33-17-14-30(22-37(33)55-11-4)60-47(53)34-19-27(7)35(20-26(34)6)61-41(49)9-2/h8-9,12-22,38-39,42-43H,1-2,10-11,23-24H2,3-7H3/t38-,39+,42-,43-/m1/s1. The van der Waals surface area contributed by atoms with Gasteiger partial charge in [-0.2, -0.15) is 0 Å². The highest BCUT2D eigenvalue weighted by Gasteiger charge is 2.51. The molecule has 2 saturated heterocycles. The Morgan fingerprint density at radius 2 is 0.968 bits per heavy atom. The molecule has 0 unspecified atom stereocenters. The van der Waals surface area contributed by atoms with Crippen LogP contribution in [-0.4, -0.2) is 86.7 Å². The van der Waals surface area contributed by atoms with Crippen LogP contribution in [-0.2, 0) is 28.5 Å². The molecule has 328 valence electrons. The molecule has 63 heavy (non-hydrogen) atoms. The van der Waals surface area contributed by atoms with Crippen molar-refractivity contribution in [3.8, 4) is 34.5 Å². The largest absolute Gasteiger partial charge is 0.493 e. The van der Waals surface area contributed by atoms with Crippen molar-refractivity contribution in [2.24, 2.45) is 0 Å². The Hall–Kier alpha value is -7.30. The summed E-state index contributed by atoms with van der Waals surface area (Å²) in [6.07, 6.45) is -1.20. The summed E-state index contributed by atoms with van der Waals surface area (Å²) in [7, 11) is 0. The zero-order valence-corrected chi connectivity index (χ0v) is 35.1. The second kappa shape index (κ2) is 20.0. The van der Waals surface area contributed by atoms with Gasteiger partial charge in [0.05, 0.1) is 37.6 Å².